The molecular formula is C11H24O4Ti. The SMILES string of the molecule is CC(=O)/C=C(/C)O.CC(C)O.CC(C)O.[Ti]. The first kappa shape index (κ1) is 24.9. The first-order valence-electron chi connectivity index (χ1n) is 4.83. The Labute approximate surface area is 113 Å². The van der Waals surface area contributed by atoms with E-state index < -0.39 is 0 Å². The summed E-state index contributed by atoms with van der Waals surface area (Å²) in [5, 5.41) is 24.5. The summed E-state index contributed by atoms with van der Waals surface area (Å²) in [6.45, 7) is 9.74. The van der Waals surface area contributed by atoms with Crippen molar-refractivity contribution in [3.63, 3.8) is 0 Å². The molecular weight excluding hydrogens is 244 g/mol. The van der Waals surface area contributed by atoms with Gasteiger partial charge >= 0.3 is 0 Å². The number of ketones is 1. The van der Waals surface area contributed by atoms with E-state index in [0.717, 1.165) is 0 Å². The Hall–Kier alpha value is -0.156. The van der Waals surface area contributed by atoms with Crippen LogP contribution in [0.15, 0.2) is 11.8 Å². The van der Waals surface area contributed by atoms with Crippen molar-refractivity contribution >= 4 is 5.78 Å². The van der Waals surface area contributed by atoms with E-state index in [2.05, 4.69) is 0 Å². The van der Waals surface area contributed by atoms with Crippen molar-refractivity contribution in [3.8, 4) is 0 Å². The van der Waals surface area contributed by atoms with Crippen LogP contribution < -0.4 is 0 Å². The first-order valence-corrected chi connectivity index (χ1v) is 4.83. The molecule has 0 saturated carbocycles. The summed E-state index contributed by atoms with van der Waals surface area (Å²) in [5.41, 5.74) is 0. The van der Waals surface area contributed by atoms with Crippen molar-refractivity contribution in [2.75, 3.05) is 0 Å². The second-order valence-electron chi connectivity index (χ2n) is 3.58. The zero-order valence-electron chi connectivity index (χ0n) is 11.0. The maximum atomic E-state index is 10.0. The monoisotopic (exact) mass is 268 g/mol. The number of aliphatic hydroxyl groups excluding tert-OH is 3. The van der Waals surface area contributed by atoms with E-state index in [0.29, 0.717) is 0 Å². The van der Waals surface area contributed by atoms with Crippen LogP contribution in [-0.2, 0) is 26.5 Å². The van der Waals surface area contributed by atoms with Crippen molar-refractivity contribution in [1.29, 1.82) is 0 Å². The minimum Gasteiger partial charge on any atom is -0.512 e. The molecule has 0 rings (SSSR count). The van der Waals surface area contributed by atoms with Gasteiger partial charge in [0.05, 0.1) is 5.76 Å². The number of hydrogen-bond donors (Lipinski definition) is 3. The third-order valence-corrected chi connectivity index (χ3v) is 0.412. The topological polar surface area (TPSA) is 77.8 Å². The molecule has 0 spiro atoms. The van der Waals surface area contributed by atoms with Crippen LogP contribution in [0.5, 0.6) is 0 Å². The third-order valence-electron chi connectivity index (χ3n) is 0.412. The zero-order chi connectivity index (χ0) is 13.0. The smallest absolute Gasteiger partial charge is 0.155 e. The Morgan fingerprint density at radius 2 is 1.19 bits per heavy atom. The van der Waals surface area contributed by atoms with Crippen LogP contribution in [0.3, 0.4) is 0 Å². The van der Waals surface area contributed by atoms with Crippen molar-refractivity contribution in [2.24, 2.45) is 0 Å². The molecule has 0 amide bonds. The molecule has 0 aliphatic heterocycles. The van der Waals surface area contributed by atoms with Gasteiger partial charge in [0.15, 0.2) is 5.78 Å². The predicted molar refractivity (Wildman–Crippen MR) is 61.8 cm³/mol. The van der Waals surface area contributed by atoms with E-state index in [9.17, 15) is 4.79 Å². The minimum absolute atomic E-state index is 0. The number of aliphatic hydroxyl groups is 3. The van der Waals surface area contributed by atoms with Gasteiger partial charge in [-0.1, -0.05) is 0 Å². The van der Waals surface area contributed by atoms with Gasteiger partial charge in [-0.15, -0.1) is 0 Å². The fourth-order valence-corrected chi connectivity index (χ4v) is 0.294. The molecule has 4 nitrogen and oxygen atoms in total. The molecule has 96 valence electrons. The summed E-state index contributed by atoms with van der Waals surface area (Å²) in [7, 11) is 0. The second kappa shape index (κ2) is 17.2. The Morgan fingerprint density at radius 1 is 1.00 bits per heavy atom. The maximum Gasteiger partial charge on any atom is 0.155 e. The van der Waals surface area contributed by atoms with Gasteiger partial charge < -0.3 is 15.3 Å². The summed E-state index contributed by atoms with van der Waals surface area (Å²) < 4.78 is 0. The summed E-state index contributed by atoms with van der Waals surface area (Å²) in [5.74, 6) is -0.0625. The van der Waals surface area contributed by atoms with E-state index in [4.69, 9.17) is 15.3 Å². The van der Waals surface area contributed by atoms with Crippen LogP contribution in [0.1, 0.15) is 41.5 Å². The Kier molecular flexibility index (Phi) is 26.8. The van der Waals surface area contributed by atoms with E-state index >= 15 is 0 Å². The number of carbonyl (C=O) groups excluding carboxylic acids is 1. The van der Waals surface area contributed by atoms with Crippen molar-refractivity contribution in [3.05, 3.63) is 11.8 Å². The first-order chi connectivity index (χ1) is 6.59. The minimum atomic E-state index is -0.167. The zero-order valence-corrected chi connectivity index (χ0v) is 12.5. The van der Waals surface area contributed by atoms with E-state index in [1.165, 1.54) is 19.9 Å². The van der Waals surface area contributed by atoms with Crippen LogP contribution in [0.2, 0.25) is 0 Å². The van der Waals surface area contributed by atoms with Crippen LogP contribution in [0, 0.1) is 0 Å². The maximum absolute atomic E-state index is 10.0. The molecule has 0 aliphatic carbocycles. The van der Waals surface area contributed by atoms with Gasteiger partial charge in [0.1, 0.15) is 0 Å². The molecule has 0 aromatic rings. The molecule has 3 N–H and O–H groups in total. The van der Waals surface area contributed by atoms with E-state index in [-0.39, 0.29) is 45.5 Å². The van der Waals surface area contributed by atoms with E-state index in [1.54, 1.807) is 27.7 Å². The fourth-order valence-electron chi connectivity index (χ4n) is 0.294. The summed E-state index contributed by atoms with van der Waals surface area (Å²) in [4.78, 5) is 10.0. The third kappa shape index (κ3) is 155. The second-order valence-corrected chi connectivity index (χ2v) is 3.58. The van der Waals surface area contributed by atoms with Gasteiger partial charge in [0.25, 0.3) is 0 Å². The molecule has 0 aliphatic rings. The molecule has 0 atom stereocenters. The van der Waals surface area contributed by atoms with E-state index in [1.807, 2.05) is 0 Å². The summed E-state index contributed by atoms with van der Waals surface area (Å²) >= 11 is 0. The predicted octanol–water partition coefficient (Wildman–Crippen LogP) is 1.81. The van der Waals surface area contributed by atoms with Gasteiger partial charge in [-0.05, 0) is 41.5 Å². The van der Waals surface area contributed by atoms with Gasteiger partial charge in [-0.25, -0.2) is 0 Å². The quantitative estimate of drug-likeness (QED) is 0.385. The molecule has 0 fully saturated rings. The number of hydrogen-bond acceptors (Lipinski definition) is 4. The van der Waals surface area contributed by atoms with Crippen molar-refractivity contribution in [2.45, 2.75) is 53.8 Å². The number of allylic oxidation sites excluding steroid dienone is 2. The summed E-state index contributed by atoms with van der Waals surface area (Å²) in [6.07, 6.45) is 0.833. The molecule has 0 heterocycles. The number of rotatable bonds is 1. The van der Waals surface area contributed by atoms with Crippen LogP contribution in [0.4, 0.5) is 0 Å². The van der Waals surface area contributed by atoms with Gasteiger partial charge in [-0.2, -0.15) is 0 Å². The Balaban J connectivity index is -0.0000000700. The van der Waals surface area contributed by atoms with Crippen LogP contribution >= 0.6 is 0 Å². The summed E-state index contributed by atoms with van der Waals surface area (Å²) in [6, 6.07) is 0. The standard InChI is InChI=1S/C5H8O2.2C3H8O.Ti/c1-4(6)3-5(2)7;2*1-3(2)4;/h3,6H,1-2H3;2*3-4H,1-2H3;/b4-3-;;;. The van der Waals surface area contributed by atoms with Crippen LogP contribution in [0.25, 0.3) is 0 Å². The largest absolute Gasteiger partial charge is 0.512 e. The normalized spacial score (nSPS) is 9.50. The Bertz CT molecular complexity index is 161. The molecule has 0 bridgehead atoms. The molecule has 0 unspecified atom stereocenters. The molecule has 0 radical (unpaired) electrons. The molecule has 5 heteroatoms. The Morgan fingerprint density at radius 3 is 1.19 bits per heavy atom. The molecule has 0 aromatic heterocycles. The molecule has 0 aromatic carbocycles. The fraction of sp³-hybridized carbons (Fsp3) is 0.727. The van der Waals surface area contributed by atoms with Crippen molar-refractivity contribution in [1.82, 2.24) is 0 Å². The molecule has 16 heavy (non-hydrogen) atoms. The van der Waals surface area contributed by atoms with Gasteiger partial charge in [-0.3, -0.25) is 4.79 Å². The van der Waals surface area contributed by atoms with Gasteiger partial charge in [0.2, 0.25) is 0 Å². The van der Waals surface area contributed by atoms with Crippen LogP contribution in [-0.4, -0.2) is 33.3 Å². The average molecular weight is 268 g/mol. The average Bonchev–Trinajstić information content (AvgIpc) is 1.78. The van der Waals surface area contributed by atoms with Gasteiger partial charge in [0, 0.05) is 40.0 Å². The number of carbonyl (C=O) groups is 1. The van der Waals surface area contributed by atoms with Crippen molar-refractivity contribution < 1.29 is 41.8 Å². The molecule has 0 saturated heterocycles.